The van der Waals surface area contributed by atoms with Crippen molar-refractivity contribution in [1.82, 2.24) is 10.2 Å². The van der Waals surface area contributed by atoms with E-state index < -0.39 is 12.1 Å². The minimum Gasteiger partial charge on any atom is -0.481 e. The number of carboxylic acids is 1. The zero-order chi connectivity index (χ0) is 24.1. The number of rotatable bonds is 9. The predicted molar refractivity (Wildman–Crippen MR) is 128 cm³/mol. The number of fused-ring (bicyclic) bond motifs is 3. The molecule has 2 N–H and O–H groups in total. The lowest BCUT2D eigenvalue weighted by Crippen LogP contribution is -2.41. The second-order valence-electron chi connectivity index (χ2n) is 9.07. The molecule has 0 spiro atoms. The minimum atomic E-state index is -0.911. The van der Waals surface area contributed by atoms with E-state index in [1.165, 1.54) is 22.3 Å². The van der Waals surface area contributed by atoms with Gasteiger partial charge in [-0.1, -0.05) is 55.0 Å². The highest BCUT2D eigenvalue weighted by Gasteiger charge is 2.35. The quantitative estimate of drug-likeness (QED) is 0.578. The van der Waals surface area contributed by atoms with Crippen molar-refractivity contribution in [1.29, 1.82) is 0 Å². The van der Waals surface area contributed by atoms with Crippen LogP contribution in [-0.2, 0) is 14.3 Å². The lowest BCUT2D eigenvalue weighted by atomic mass is 9.94. The van der Waals surface area contributed by atoms with Crippen LogP contribution in [0.25, 0.3) is 11.1 Å². The number of alkyl carbamates (subject to hydrolysis) is 1. The van der Waals surface area contributed by atoms with Crippen molar-refractivity contribution in [2.75, 3.05) is 26.2 Å². The van der Waals surface area contributed by atoms with Crippen molar-refractivity contribution in [2.45, 2.75) is 38.5 Å². The number of carbonyl (C=O) groups excluding carboxylic acids is 2. The van der Waals surface area contributed by atoms with E-state index in [0.29, 0.717) is 13.1 Å². The molecule has 0 heterocycles. The van der Waals surface area contributed by atoms with Gasteiger partial charge in [-0.15, -0.1) is 0 Å². The van der Waals surface area contributed by atoms with Crippen molar-refractivity contribution in [3.05, 3.63) is 59.7 Å². The molecule has 1 fully saturated rings. The first-order chi connectivity index (χ1) is 16.5. The SMILES string of the molecule is CCN(CCC(=O)O)C(=O)[C@@H]1CCC[C@@H]1CNC(=O)OCC1c2ccccc2-c2ccccc21. The van der Waals surface area contributed by atoms with Gasteiger partial charge in [0.05, 0.1) is 6.42 Å². The molecule has 2 aliphatic rings. The van der Waals surface area contributed by atoms with Gasteiger partial charge in [-0.25, -0.2) is 4.79 Å². The van der Waals surface area contributed by atoms with Gasteiger partial charge in [-0.2, -0.15) is 0 Å². The van der Waals surface area contributed by atoms with E-state index in [9.17, 15) is 14.4 Å². The molecular formula is C27H32N2O5. The maximum atomic E-state index is 13.0. The van der Waals surface area contributed by atoms with Gasteiger partial charge in [-0.3, -0.25) is 9.59 Å². The Labute approximate surface area is 200 Å². The number of carboxylic acid groups (broad SMARTS) is 1. The summed E-state index contributed by atoms with van der Waals surface area (Å²) in [6.07, 6.45) is 2.01. The molecule has 0 unspecified atom stereocenters. The number of amides is 2. The summed E-state index contributed by atoms with van der Waals surface area (Å²) in [4.78, 5) is 38.0. The monoisotopic (exact) mass is 464 g/mol. The van der Waals surface area contributed by atoms with Crippen LogP contribution in [0, 0.1) is 11.8 Å². The van der Waals surface area contributed by atoms with Gasteiger partial charge in [0.15, 0.2) is 0 Å². The average Bonchev–Trinajstić information content (AvgIpc) is 3.44. The highest BCUT2D eigenvalue weighted by molar-refractivity contribution is 5.80. The minimum absolute atomic E-state index is 0.00584. The van der Waals surface area contributed by atoms with Gasteiger partial charge in [-0.05, 0) is 47.9 Å². The van der Waals surface area contributed by atoms with Crippen LogP contribution in [0.5, 0.6) is 0 Å². The van der Waals surface area contributed by atoms with E-state index in [0.717, 1.165) is 19.3 Å². The Kier molecular flexibility index (Phi) is 7.50. The number of ether oxygens (including phenoxy) is 1. The van der Waals surface area contributed by atoms with Crippen molar-refractivity contribution in [3.63, 3.8) is 0 Å². The van der Waals surface area contributed by atoms with E-state index in [-0.39, 0.29) is 43.2 Å². The number of aliphatic carboxylic acids is 1. The first-order valence-corrected chi connectivity index (χ1v) is 12.1. The molecule has 7 heteroatoms. The Balaban J connectivity index is 1.31. The maximum absolute atomic E-state index is 13.0. The molecule has 2 aliphatic carbocycles. The zero-order valence-corrected chi connectivity index (χ0v) is 19.5. The highest BCUT2D eigenvalue weighted by atomic mass is 16.5. The van der Waals surface area contributed by atoms with E-state index in [2.05, 4.69) is 29.6 Å². The summed E-state index contributed by atoms with van der Waals surface area (Å²) >= 11 is 0. The number of carbonyl (C=O) groups is 3. The molecule has 2 atom stereocenters. The topological polar surface area (TPSA) is 95.9 Å². The van der Waals surface area contributed by atoms with Crippen molar-refractivity contribution >= 4 is 18.0 Å². The van der Waals surface area contributed by atoms with Crippen molar-refractivity contribution in [2.24, 2.45) is 11.8 Å². The molecule has 2 aromatic rings. The Bertz CT molecular complexity index is 1010. The third-order valence-electron chi connectivity index (χ3n) is 7.12. The molecular weight excluding hydrogens is 432 g/mol. The molecule has 2 amide bonds. The fourth-order valence-corrected chi connectivity index (χ4v) is 5.36. The smallest absolute Gasteiger partial charge is 0.407 e. The largest absolute Gasteiger partial charge is 0.481 e. The molecule has 0 aromatic heterocycles. The Morgan fingerprint density at radius 2 is 1.68 bits per heavy atom. The molecule has 0 saturated heterocycles. The van der Waals surface area contributed by atoms with Gasteiger partial charge in [0.2, 0.25) is 5.91 Å². The van der Waals surface area contributed by atoms with Crippen LogP contribution in [-0.4, -0.2) is 54.2 Å². The van der Waals surface area contributed by atoms with Gasteiger partial charge in [0, 0.05) is 31.5 Å². The molecule has 180 valence electrons. The van der Waals surface area contributed by atoms with E-state index in [1.54, 1.807) is 4.90 Å². The predicted octanol–water partition coefficient (Wildman–Crippen LogP) is 4.26. The molecule has 0 bridgehead atoms. The molecule has 4 rings (SSSR count). The summed E-state index contributed by atoms with van der Waals surface area (Å²) in [7, 11) is 0. The summed E-state index contributed by atoms with van der Waals surface area (Å²) in [6.45, 7) is 3.19. The maximum Gasteiger partial charge on any atom is 0.407 e. The van der Waals surface area contributed by atoms with Gasteiger partial charge >= 0.3 is 12.1 Å². The average molecular weight is 465 g/mol. The van der Waals surface area contributed by atoms with E-state index in [4.69, 9.17) is 9.84 Å². The lowest BCUT2D eigenvalue weighted by molar-refractivity contribution is -0.140. The zero-order valence-electron chi connectivity index (χ0n) is 19.5. The Morgan fingerprint density at radius 3 is 2.29 bits per heavy atom. The first-order valence-electron chi connectivity index (χ1n) is 12.1. The third-order valence-corrected chi connectivity index (χ3v) is 7.12. The fraction of sp³-hybridized carbons (Fsp3) is 0.444. The number of hydrogen-bond acceptors (Lipinski definition) is 4. The van der Waals surface area contributed by atoms with Gasteiger partial charge in [0.25, 0.3) is 0 Å². The second kappa shape index (κ2) is 10.7. The number of nitrogens with one attached hydrogen (secondary N) is 1. The van der Waals surface area contributed by atoms with Crippen molar-refractivity contribution in [3.8, 4) is 11.1 Å². The number of benzene rings is 2. The van der Waals surface area contributed by atoms with Crippen LogP contribution < -0.4 is 5.32 Å². The summed E-state index contributed by atoms with van der Waals surface area (Å²) < 4.78 is 5.62. The normalized spacial score (nSPS) is 18.7. The Hall–Kier alpha value is -3.35. The summed E-state index contributed by atoms with van der Waals surface area (Å²) in [5.41, 5.74) is 4.70. The number of nitrogens with zero attached hydrogens (tertiary/aromatic N) is 1. The van der Waals surface area contributed by atoms with Crippen LogP contribution in [0.1, 0.15) is 49.7 Å². The van der Waals surface area contributed by atoms with Crippen LogP contribution in [0.4, 0.5) is 4.79 Å². The summed E-state index contributed by atoms with van der Waals surface area (Å²) in [5.74, 6) is -1.08. The van der Waals surface area contributed by atoms with Crippen LogP contribution in [0.2, 0.25) is 0 Å². The van der Waals surface area contributed by atoms with Gasteiger partial charge < -0.3 is 20.1 Å². The van der Waals surface area contributed by atoms with E-state index in [1.807, 2.05) is 31.2 Å². The number of hydrogen-bond donors (Lipinski definition) is 2. The fourth-order valence-electron chi connectivity index (χ4n) is 5.36. The first kappa shape index (κ1) is 23.8. The van der Waals surface area contributed by atoms with Crippen LogP contribution in [0.3, 0.4) is 0 Å². The second-order valence-corrected chi connectivity index (χ2v) is 9.07. The van der Waals surface area contributed by atoms with Crippen molar-refractivity contribution < 1.29 is 24.2 Å². The molecule has 0 radical (unpaired) electrons. The third kappa shape index (κ3) is 5.08. The molecule has 0 aliphatic heterocycles. The standard InChI is InChI=1S/C27H32N2O5/c1-2-29(15-14-25(30)31)26(32)19-13-7-8-18(19)16-28-27(33)34-17-24-22-11-5-3-9-20(22)21-10-4-6-12-23(21)24/h3-6,9-12,18-19,24H,2,7-8,13-17H2,1H3,(H,28,33)(H,30,31)/t18-,19-/m1/s1. The molecule has 34 heavy (non-hydrogen) atoms. The lowest BCUT2D eigenvalue weighted by Gasteiger charge is -2.27. The van der Waals surface area contributed by atoms with Crippen LogP contribution >= 0.6 is 0 Å². The van der Waals surface area contributed by atoms with Gasteiger partial charge in [0.1, 0.15) is 6.61 Å². The van der Waals surface area contributed by atoms with Crippen LogP contribution in [0.15, 0.2) is 48.5 Å². The highest BCUT2D eigenvalue weighted by Crippen LogP contribution is 2.44. The Morgan fingerprint density at radius 1 is 1.03 bits per heavy atom. The molecule has 2 aromatic carbocycles. The molecule has 1 saturated carbocycles. The summed E-state index contributed by atoms with van der Waals surface area (Å²) in [6, 6.07) is 16.4. The molecule has 7 nitrogen and oxygen atoms in total. The summed E-state index contributed by atoms with van der Waals surface area (Å²) in [5, 5.41) is 11.8. The van der Waals surface area contributed by atoms with E-state index >= 15 is 0 Å².